The maximum absolute atomic E-state index is 6.02. The fourth-order valence-electron chi connectivity index (χ4n) is 2.09. The van der Waals surface area contributed by atoms with Gasteiger partial charge < -0.3 is 4.90 Å². The fourth-order valence-corrected chi connectivity index (χ4v) is 2.70. The zero-order valence-electron chi connectivity index (χ0n) is 10.2. The topological polar surface area (TPSA) is 58.0 Å². The van der Waals surface area contributed by atoms with Crippen molar-refractivity contribution in [2.24, 2.45) is 0 Å². The van der Waals surface area contributed by atoms with Crippen LogP contribution in [-0.2, 0) is 6.54 Å². The molecule has 0 unspecified atom stereocenters. The van der Waals surface area contributed by atoms with Crippen molar-refractivity contribution < 1.29 is 0 Å². The summed E-state index contributed by atoms with van der Waals surface area (Å²) in [6.45, 7) is 4.57. The van der Waals surface area contributed by atoms with Gasteiger partial charge in [-0.15, -0.1) is 5.10 Å². The molecule has 0 aliphatic carbocycles. The highest BCUT2D eigenvalue weighted by molar-refractivity contribution is 7.10. The van der Waals surface area contributed by atoms with Crippen LogP contribution in [0.2, 0.25) is 4.34 Å². The second-order valence-corrected chi connectivity index (χ2v) is 5.68. The minimum Gasteiger partial charge on any atom is -0.353 e. The molecule has 3 rings (SSSR count). The lowest BCUT2D eigenvalue weighted by atomic mass is 10.3. The largest absolute Gasteiger partial charge is 0.353 e. The molecule has 0 aromatic carbocycles. The molecule has 0 spiro atoms. The first-order valence-corrected chi connectivity index (χ1v) is 7.18. The zero-order valence-corrected chi connectivity index (χ0v) is 11.8. The Kier molecular flexibility index (Phi) is 3.86. The van der Waals surface area contributed by atoms with E-state index in [1.54, 1.807) is 18.6 Å². The van der Waals surface area contributed by atoms with Gasteiger partial charge in [0.1, 0.15) is 15.8 Å². The summed E-state index contributed by atoms with van der Waals surface area (Å²) in [6.07, 6.45) is 5.22. The van der Waals surface area contributed by atoms with Crippen LogP contribution in [0, 0.1) is 0 Å². The summed E-state index contributed by atoms with van der Waals surface area (Å²) >= 11 is 7.26. The molecule has 8 heteroatoms. The summed E-state index contributed by atoms with van der Waals surface area (Å²) in [5.74, 6) is 0.940. The molecule has 2 aromatic rings. The van der Waals surface area contributed by atoms with Crippen LogP contribution >= 0.6 is 23.1 Å². The minimum absolute atomic E-state index is 0.691. The van der Waals surface area contributed by atoms with Gasteiger partial charge in [0, 0.05) is 56.6 Å². The smallest absolute Gasteiger partial charge is 0.147 e. The summed E-state index contributed by atoms with van der Waals surface area (Å²) in [4.78, 5) is 13.0. The number of rotatable bonds is 3. The normalized spacial score (nSPS) is 16.8. The maximum atomic E-state index is 6.02. The Morgan fingerprint density at radius 1 is 1.21 bits per heavy atom. The van der Waals surface area contributed by atoms with Gasteiger partial charge in [-0.05, 0) is 0 Å². The molecule has 0 bridgehead atoms. The summed E-state index contributed by atoms with van der Waals surface area (Å²) in [7, 11) is 0. The summed E-state index contributed by atoms with van der Waals surface area (Å²) < 4.78 is 4.55. The van der Waals surface area contributed by atoms with Gasteiger partial charge >= 0.3 is 0 Å². The maximum Gasteiger partial charge on any atom is 0.147 e. The van der Waals surface area contributed by atoms with Crippen molar-refractivity contribution in [1.82, 2.24) is 24.5 Å². The van der Waals surface area contributed by atoms with E-state index in [0.717, 1.165) is 44.2 Å². The van der Waals surface area contributed by atoms with Crippen molar-refractivity contribution in [3.05, 3.63) is 28.6 Å². The molecule has 0 amide bonds. The first kappa shape index (κ1) is 12.7. The summed E-state index contributed by atoms with van der Waals surface area (Å²) in [5.41, 5.74) is 0.875. The highest BCUT2D eigenvalue weighted by atomic mass is 35.5. The van der Waals surface area contributed by atoms with Crippen molar-refractivity contribution in [3.8, 4) is 0 Å². The quantitative estimate of drug-likeness (QED) is 0.851. The molecule has 2 aromatic heterocycles. The van der Waals surface area contributed by atoms with Crippen LogP contribution in [0.25, 0.3) is 0 Å². The molecular weight excluding hydrogens is 284 g/mol. The van der Waals surface area contributed by atoms with Crippen LogP contribution in [-0.4, -0.2) is 50.6 Å². The SMILES string of the molecule is Clc1snnc1CN1CCN(c2cnccn2)CC1. The van der Waals surface area contributed by atoms with Crippen LogP contribution in [0.5, 0.6) is 0 Å². The molecule has 1 aliphatic rings. The number of aromatic nitrogens is 4. The van der Waals surface area contributed by atoms with Crippen molar-refractivity contribution in [3.63, 3.8) is 0 Å². The van der Waals surface area contributed by atoms with Gasteiger partial charge in [-0.3, -0.25) is 9.88 Å². The molecule has 19 heavy (non-hydrogen) atoms. The highest BCUT2D eigenvalue weighted by Crippen LogP contribution is 2.20. The van der Waals surface area contributed by atoms with Crippen molar-refractivity contribution in [2.75, 3.05) is 31.1 Å². The molecule has 1 aliphatic heterocycles. The van der Waals surface area contributed by atoms with Gasteiger partial charge in [-0.1, -0.05) is 16.1 Å². The third-order valence-corrected chi connectivity index (χ3v) is 4.11. The molecule has 6 nitrogen and oxygen atoms in total. The predicted octanol–water partition coefficient (Wildman–Crippen LogP) is 1.30. The molecule has 0 atom stereocenters. The van der Waals surface area contributed by atoms with E-state index in [2.05, 4.69) is 29.4 Å². The van der Waals surface area contributed by atoms with E-state index in [9.17, 15) is 0 Å². The molecule has 3 heterocycles. The van der Waals surface area contributed by atoms with Crippen molar-refractivity contribution >= 4 is 29.0 Å². The van der Waals surface area contributed by atoms with E-state index < -0.39 is 0 Å². The highest BCUT2D eigenvalue weighted by Gasteiger charge is 2.19. The molecule has 0 N–H and O–H groups in total. The number of anilines is 1. The number of hydrogen-bond acceptors (Lipinski definition) is 7. The lowest BCUT2D eigenvalue weighted by Crippen LogP contribution is -2.46. The van der Waals surface area contributed by atoms with Crippen LogP contribution in [0.15, 0.2) is 18.6 Å². The molecule has 1 saturated heterocycles. The first-order chi connectivity index (χ1) is 9.33. The number of halogens is 1. The third kappa shape index (κ3) is 2.99. The van der Waals surface area contributed by atoms with Gasteiger partial charge in [0.2, 0.25) is 0 Å². The average molecular weight is 297 g/mol. The van der Waals surface area contributed by atoms with Crippen LogP contribution in [0.1, 0.15) is 5.69 Å². The van der Waals surface area contributed by atoms with E-state index in [-0.39, 0.29) is 0 Å². The van der Waals surface area contributed by atoms with Gasteiger partial charge in [-0.25, -0.2) is 4.98 Å². The number of hydrogen-bond donors (Lipinski definition) is 0. The van der Waals surface area contributed by atoms with E-state index in [4.69, 9.17) is 11.6 Å². The van der Waals surface area contributed by atoms with Gasteiger partial charge in [0.15, 0.2) is 0 Å². The fraction of sp³-hybridized carbons (Fsp3) is 0.455. The molecule has 100 valence electrons. The Bertz CT molecular complexity index is 525. The Balaban J connectivity index is 1.57. The predicted molar refractivity (Wildman–Crippen MR) is 74.4 cm³/mol. The molecule has 1 fully saturated rings. The standard InChI is InChI=1S/C11H13ClN6S/c12-11-9(15-16-19-11)8-17-3-5-18(6-4-17)10-7-13-1-2-14-10/h1-2,7H,3-6,8H2. The minimum atomic E-state index is 0.691. The van der Waals surface area contributed by atoms with Crippen molar-refractivity contribution in [1.29, 1.82) is 0 Å². The second-order valence-electron chi connectivity index (χ2n) is 4.32. The Morgan fingerprint density at radius 3 is 2.68 bits per heavy atom. The first-order valence-electron chi connectivity index (χ1n) is 6.03. The van der Waals surface area contributed by atoms with Gasteiger partial charge in [-0.2, -0.15) is 0 Å². The van der Waals surface area contributed by atoms with E-state index in [1.165, 1.54) is 11.5 Å². The molecule has 0 radical (unpaired) electrons. The van der Waals surface area contributed by atoms with Gasteiger partial charge in [0.25, 0.3) is 0 Å². The zero-order chi connectivity index (χ0) is 13.1. The number of nitrogens with zero attached hydrogens (tertiary/aromatic N) is 6. The summed E-state index contributed by atoms with van der Waals surface area (Å²) in [5, 5.41) is 4.05. The lowest BCUT2D eigenvalue weighted by molar-refractivity contribution is 0.246. The Morgan fingerprint density at radius 2 is 2.05 bits per heavy atom. The van der Waals surface area contributed by atoms with Gasteiger partial charge in [0.05, 0.1) is 6.20 Å². The Hall–Kier alpha value is -1.31. The van der Waals surface area contributed by atoms with Crippen LogP contribution < -0.4 is 4.90 Å². The monoisotopic (exact) mass is 296 g/mol. The molecule has 0 saturated carbocycles. The Labute approximate surface area is 120 Å². The van der Waals surface area contributed by atoms with E-state index in [1.807, 2.05) is 0 Å². The van der Waals surface area contributed by atoms with Crippen molar-refractivity contribution in [2.45, 2.75) is 6.54 Å². The van der Waals surface area contributed by atoms with Crippen LogP contribution in [0.3, 0.4) is 0 Å². The number of piperazine rings is 1. The molecular formula is C11H13ClN6S. The van der Waals surface area contributed by atoms with E-state index >= 15 is 0 Å². The van der Waals surface area contributed by atoms with Crippen LogP contribution in [0.4, 0.5) is 5.82 Å². The second kappa shape index (κ2) is 5.77. The third-order valence-electron chi connectivity index (χ3n) is 3.13. The summed E-state index contributed by atoms with van der Waals surface area (Å²) in [6, 6.07) is 0. The average Bonchev–Trinajstić information content (AvgIpc) is 2.86. The lowest BCUT2D eigenvalue weighted by Gasteiger charge is -2.34. The van der Waals surface area contributed by atoms with E-state index in [0.29, 0.717) is 4.34 Å².